The number of nitrogens with one attached hydrogen (secondary N) is 2. The highest BCUT2D eigenvalue weighted by Gasteiger charge is 2.44. The molecule has 1 aromatic heterocycles. The monoisotopic (exact) mass is 373 g/mol. The van der Waals surface area contributed by atoms with E-state index in [1.807, 2.05) is 24.3 Å². The molecular formula is C17H13Cl2N5O. The van der Waals surface area contributed by atoms with E-state index in [1.54, 1.807) is 18.2 Å². The summed E-state index contributed by atoms with van der Waals surface area (Å²) in [5.41, 5.74) is 2.39. The first-order valence-electron chi connectivity index (χ1n) is 7.72. The number of anilines is 1. The highest BCUT2D eigenvalue weighted by atomic mass is 35.5. The fourth-order valence-corrected chi connectivity index (χ4v) is 3.19. The van der Waals surface area contributed by atoms with Crippen LogP contribution in [0.5, 0.6) is 0 Å². The van der Waals surface area contributed by atoms with Gasteiger partial charge in [0, 0.05) is 21.5 Å². The number of rotatable bonds is 4. The van der Waals surface area contributed by atoms with Gasteiger partial charge in [-0.2, -0.15) is 0 Å². The van der Waals surface area contributed by atoms with Gasteiger partial charge in [0.2, 0.25) is 5.91 Å². The van der Waals surface area contributed by atoms with Crippen molar-refractivity contribution < 1.29 is 4.79 Å². The van der Waals surface area contributed by atoms with Crippen LogP contribution < -0.4 is 5.32 Å². The average Bonchev–Trinajstić information content (AvgIpc) is 3.22. The minimum Gasteiger partial charge on any atom is -0.325 e. The Morgan fingerprint density at radius 3 is 2.60 bits per heavy atom. The fourth-order valence-electron chi connectivity index (χ4n) is 2.89. The zero-order chi connectivity index (χ0) is 17.4. The summed E-state index contributed by atoms with van der Waals surface area (Å²) in [7, 11) is 0. The van der Waals surface area contributed by atoms with E-state index in [9.17, 15) is 4.79 Å². The van der Waals surface area contributed by atoms with Crippen LogP contribution in [-0.4, -0.2) is 26.5 Å². The molecule has 8 heteroatoms. The molecule has 2 atom stereocenters. The molecular weight excluding hydrogens is 361 g/mol. The van der Waals surface area contributed by atoms with Crippen molar-refractivity contribution in [2.24, 2.45) is 5.92 Å². The van der Waals surface area contributed by atoms with Gasteiger partial charge in [-0.25, -0.2) is 5.10 Å². The Balaban J connectivity index is 1.52. The topological polar surface area (TPSA) is 83.6 Å². The Hall–Kier alpha value is -2.44. The third kappa shape index (κ3) is 3.36. The van der Waals surface area contributed by atoms with Crippen LogP contribution in [-0.2, 0) is 4.79 Å². The van der Waals surface area contributed by atoms with Crippen molar-refractivity contribution in [3.05, 3.63) is 58.1 Å². The number of H-pyrrole nitrogens is 1. The second-order valence-corrected chi connectivity index (χ2v) is 6.80. The van der Waals surface area contributed by atoms with Gasteiger partial charge in [-0.3, -0.25) is 4.79 Å². The molecule has 1 aliphatic rings. The third-order valence-corrected chi connectivity index (χ3v) is 4.75. The van der Waals surface area contributed by atoms with E-state index >= 15 is 0 Å². The van der Waals surface area contributed by atoms with Crippen molar-refractivity contribution in [3.8, 4) is 11.4 Å². The van der Waals surface area contributed by atoms with Crippen molar-refractivity contribution in [2.75, 3.05) is 5.32 Å². The van der Waals surface area contributed by atoms with Gasteiger partial charge < -0.3 is 5.32 Å². The van der Waals surface area contributed by atoms with E-state index in [4.69, 9.17) is 23.2 Å². The molecule has 1 saturated carbocycles. The van der Waals surface area contributed by atoms with E-state index in [1.165, 1.54) is 0 Å². The summed E-state index contributed by atoms with van der Waals surface area (Å²) in [4.78, 5) is 12.6. The van der Waals surface area contributed by atoms with Gasteiger partial charge in [0.15, 0.2) is 5.82 Å². The Kier molecular flexibility index (Phi) is 4.15. The molecule has 126 valence electrons. The number of amides is 1. The highest BCUT2D eigenvalue weighted by molar-refractivity contribution is 6.31. The zero-order valence-electron chi connectivity index (χ0n) is 12.9. The molecule has 1 aliphatic carbocycles. The average molecular weight is 374 g/mol. The maximum absolute atomic E-state index is 12.6. The van der Waals surface area contributed by atoms with Crippen molar-refractivity contribution in [3.63, 3.8) is 0 Å². The van der Waals surface area contributed by atoms with Crippen molar-refractivity contribution in [2.45, 2.75) is 12.3 Å². The molecule has 1 amide bonds. The summed E-state index contributed by atoms with van der Waals surface area (Å²) < 4.78 is 0. The van der Waals surface area contributed by atoms with Gasteiger partial charge in [0.05, 0.1) is 5.69 Å². The second kappa shape index (κ2) is 6.46. The summed E-state index contributed by atoms with van der Waals surface area (Å²) in [5.74, 6) is 0.570. The van der Waals surface area contributed by atoms with Gasteiger partial charge in [0.25, 0.3) is 0 Å². The minimum absolute atomic E-state index is 0.0454. The van der Waals surface area contributed by atoms with E-state index in [-0.39, 0.29) is 17.7 Å². The largest absolute Gasteiger partial charge is 0.325 e. The van der Waals surface area contributed by atoms with Gasteiger partial charge in [-0.1, -0.05) is 35.3 Å². The zero-order valence-corrected chi connectivity index (χ0v) is 14.4. The summed E-state index contributed by atoms with van der Waals surface area (Å²) in [6, 6.07) is 12.8. The first-order valence-corrected chi connectivity index (χ1v) is 8.47. The first kappa shape index (κ1) is 16.1. The van der Waals surface area contributed by atoms with Crippen molar-refractivity contribution >= 4 is 34.8 Å². The molecule has 1 fully saturated rings. The SMILES string of the molecule is O=C(Nc1cc(Cl)ccc1-c1nnn[nH]1)C1CC1c1ccc(Cl)cc1. The summed E-state index contributed by atoms with van der Waals surface area (Å²) in [6.07, 6.45) is 0.813. The second-order valence-electron chi connectivity index (χ2n) is 5.93. The van der Waals surface area contributed by atoms with E-state index in [0.717, 1.165) is 12.0 Å². The Bertz CT molecular complexity index is 911. The van der Waals surface area contributed by atoms with Crippen LogP contribution in [0.3, 0.4) is 0 Å². The molecule has 0 aliphatic heterocycles. The molecule has 0 saturated heterocycles. The number of benzene rings is 2. The van der Waals surface area contributed by atoms with Crippen LogP contribution in [0, 0.1) is 5.92 Å². The number of tetrazole rings is 1. The number of aromatic nitrogens is 4. The van der Waals surface area contributed by atoms with E-state index in [0.29, 0.717) is 27.1 Å². The molecule has 1 heterocycles. The lowest BCUT2D eigenvalue weighted by atomic mass is 10.1. The summed E-state index contributed by atoms with van der Waals surface area (Å²) >= 11 is 12.0. The van der Waals surface area contributed by atoms with Crippen LogP contribution in [0.25, 0.3) is 11.4 Å². The van der Waals surface area contributed by atoms with Crippen LogP contribution >= 0.6 is 23.2 Å². The molecule has 6 nitrogen and oxygen atoms in total. The number of aromatic amines is 1. The standard InChI is InChI=1S/C17H13Cl2N5O/c18-10-3-1-9(2-4-10)13-8-14(13)17(25)20-15-7-11(19)5-6-12(15)16-21-23-24-22-16/h1-7,13-14H,8H2,(H,20,25)(H,21,22,23,24). The molecule has 4 rings (SSSR count). The minimum atomic E-state index is -0.0686. The maximum atomic E-state index is 12.6. The molecule has 2 unspecified atom stereocenters. The van der Waals surface area contributed by atoms with Gasteiger partial charge in [0.1, 0.15) is 0 Å². The van der Waals surface area contributed by atoms with Crippen LogP contribution in [0.4, 0.5) is 5.69 Å². The van der Waals surface area contributed by atoms with Crippen molar-refractivity contribution in [1.82, 2.24) is 20.6 Å². The molecule has 0 spiro atoms. The maximum Gasteiger partial charge on any atom is 0.228 e. The fraction of sp³-hybridized carbons (Fsp3) is 0.176. The Labute approximate surface area is 153 Å². The number of carbonyl (C=O) groups excluding carboxylic acids is 1. The molecule has 2 aromatic carbocycles. The Morgan fingerprint density at radius 2 is 1.88 bits per heavy atom. The predicted octanol–water partition coefficient (Wildman–Crippen LogP) is 3.92. The van der Waals surface area contributed by atoms with Crippen molar-refractivity contribution in [1.29, 1.82) is 0 Å². The number of nitrogens with zero attached hydrogens (tertiary/aromatic N) is 3. The lowest BCUT2D eigenvalue weighted by molar-refractivity contribution is -0.117. The van der Waals surface area contributed by atoms with E-state index in [2.05, 4.69) is 25.9 Å². The first-order chi connectivity index (χ1) is 12.1. The van der Waals surface area contributed by atoms with Gasteiger partial charge in [-0.15, -0.1) is 5.10 Å². The third-order valence-electron chi connectivity index (χ3n) is 4.27. The lowest BCUT2D eigenvalue weighted by Gasteiger charge is -2.10. The molecule has 2 N–H and O–H groups in total. The molecule has 0 bridgehead atoms. The lowest BCUT2D eigenvalue weighted by Crippen LogP contribution is -2.15. The summed E-state index contributed by atoms with van der Waals surface area (Å²) in [6.45, 7) is 0. The van der Waals surface area contributed by atoms with Crippen LogP contribution in [0.15, 0.2) is 42.5 Å². The molecule has 0 radical (unpaired) electrons. The van der Waals surface area contributed by atoms with Gasteiger partial charge >= 0.3 is 0 Å². The normalized spacial score (nSPS) is 18.8. The number of hydrogen-bond acceptors (Lipinski definition) is 4. The smallest absolute Gasteiger partial charge is 0.228 e. The number of halogens is 2. The van der Waals surface area contributed by atoms with E-state index < -0.39 is 0 Å². The summed E-state index contributed by atoms with van der Waals surface area (Å²) in [5, 5.41) is 17.9. The molecule has 25 heavy (non-hydrogen) atoms. The van der Waals surface area contributed by atoms with Crippen LogP contribution in [0.1, 0.15) is 17.9 Å². The number of hydrogen-bond donors (Lipinski definition) is 2. The highest BCUT2D eigenvalue weighted by Crippen LogP contribution is 2.48. The quantitative estimate of drug-likeness (QED) is 0.725. The predicted molar refractivity (Wildman–Crippen MR) is 95.6 cm³/mol. The Morgan fingerprint density at radius 1 is 1.12 bits per heavy atom. The van der Waals surface area contributed by atoms with Crippen LogP contribution in [0.2, 0.25) is 10.0 Å². The molecule has 3 aromatic rings. The van der Waals surface area contributed by atoms with Gasteiger partial charge in [-0.05, 0) is 58.7 Å². The number of carbonyl (C=O) groups is 1.